The Kier molecular flexibility index (Phi) is 4.55. The van der Waals surface area contributed by atoms with Gasteiger partial charge in [-0.15, -0.1) is 11.3 Å². The molecule has 0 saturated carbocycles. The molecule has 1 saturated heterocycles. The zero-order chi connectivity index (χ0) is 16.4. The summed E-state index contributed by atoms with van der Waals surface area (Å²) in [4.78, 5) is 15.7. The molecule has 1 aliphatic rings. The first-order valence-corrected chi connectivity index (χ1v) is 10.3. The summed E-state index contributed by atoms with van der Waals surface area (Å²) in [5, 5.41) is 1.97. The summed E-state index contributed by atoms with van der Waals surface area (Å²) in [6.45, 7) is 2.41. The van der Waals surface area contributed by atoms with E-state index in [2.05, 4.69) is 0 Å². The Bertz CT molecular complexity index is 797. The van der Waals surface area contributed by atoms with E-state index in [4.69, 9.17) is 0 Å². The van der Waals surface area contributed by atoms with Gasteiger partial charge >= 0.3 is 0 Å². The van der Waals surface area contributed by atoms with Crippen molar-refractivity contribution in [2.24, 2.45) is 0 Å². The lowest BCUT2D eigenvalue weighted by Crippen LogP contribution is -2.40. The standard InChI is InChI=1S/C17H19NO3S2/c1-13-4-2-5-14(10-13)17(19)18(11-16-6-3-8-22-16)15-7-9-23(20,21)12-15/h2-6,8,10,15H,7,9,11-12H2,1H3/t15-/m0/s1. The van der Waals surface area contributed by atoms with E-state index in [0.717, 1.165) is 10.4 Å². The Morgan fingerprint density at radius 1 is 1.30 bits per heavy atom. The van der Waals surface area contributed by atoms with E-state index >= 15 is 0 Å². The minimum atomic E-state index is -3.03. The van der Waals surface area contributed by atoms with Crippen LogP contribution in [-0.2, 0) is 16.4 Å². The molecule has 0 spiro atoms. The van der Waals surface area contributed by atoms with Crippen molar-refractivity contribution < 1.29 is 13.2 Å². The number of thiophene rings is 1. The molecule has 1 atom stereocenters. The highest BCUT2D eigenvalue weighted by Gasteiger charge is 2.35. The van der Waals surface area contributed by atoms with Gasteiger partial charge in [0.2, 0.25) is 0 Å². The Balaban J connectivity index is 1.89. The second kappa shape index (κ2) is 6.45. The molecule has 23 heavy (non-hydrogen) atoms. The molecule has 4 nitrogen and oxygen atoms in total. The zero-order valence-corrected chi connectivity index (χ0v) is 14.6. The normalized spacial score (nSPS) is 19.6. The Hall–Kier alpha value is -1.66. The molecule has 1 fully saturated rings. The van der Waals surface area contributed by atoms with E-state index in [1.54, 1.807) is 22.3 Å². The van der Waals surface area contributed by atoms with Crippen LogP contribution in [0.25, 0.3) is 0 Å². The summed E-state index contributed by atoms with van der Waals surface area (Å²) in [6, 6.07) is 11.1. The predicted octanol–water partition coefficient (Wildman–Crippen LogP) is 2.89. The van der Waals surface area contributed by atoms with Crippen molar-refractivity contribution in [2.75, 3.05) is 11.5 Å². The van der Waals surface area contributed by atoms with E-state index in [1.165, 1.54) is 0 Å². The summed E-state index contributed by atoms with van der Waals surface area (Å²) in [5.41, 5.74) is 1.64. The zero-order valence-electron chi connectivity index (χ0n) is 12.9. The largest absolute Gasteiger partial charge is 0.329 e. The van der Waals surface area contributed by atoms with Crippen molar-refractivity contribution >= 4 is 27.1 Å². The van der Waals surface area contributed by atoms with Crippen LogP contribution in [0.1, 0.15) is 27.2 Å². The van der Waals surface area contributed by atoms with E-state index in [1.807, 2.05) is 42.6 Å². The number of rotatable bonds is 4. The molecule has 0 aliphatic carbocycles. The molecule has 2 heterocycles. The lowest BCUT2D eigenvalue weighted by atomic mass is 10.1. The fourth-order valence-electron chi connectivity index (χ4n) is 2.90. The molecule has 1 amide bonds. The molecule has 6 heteroatoms. The fraction of sp³-hybridized carbons (Fsp3) is 0.353. The summed E-state index contributed by atoms with van der Waals surface area (Å²) >= 11 is 1.58. The van der Waals surface area contributed by atoms with Crippen molar-refractivity contribution in [3.05, 3.63) is 57.8 Å². The van der Waals surface area contributed by atoms with E-state index in [-0.39, 0.29) is 23.5 Å². The van der Waals surface area contributed by atoms with Crippen LogP contribution in [0.4, 0.5) is 0 Å². The molecule has 2 aromatic rings. The monoisotopic (exact) mass is 349 g/mol. The minimum Gasteiger partial charge on any atom is -0.329 e. The van der Waals surface area contributed by atoms with Gasteiger partial charge in [-0.05, 0) is 36.9 Å². The molecule has 0 bridgehead atoms. The summed E-state index contributed by atoms with van der Waals surface area (Å²) in [5.74, 6) is 0.138. The maximum Gasteiger partial charge on any atom is 0.254 e. The van der Waals surface area contributed by atoms with Crippen molar-refractivity contribution in [2.45, 2.75) is 25.9 Å². The van der Waals surface area contributed by atoms with E-state index < -0.39 is 9.84 Å². The third-order valence-electron chi connectivity index (χ3n) is 4.08. The maximum atomic E-state index is 13.0. The molecule has 122 valence electrons. The molecule has 1 aliphatic heterocycles. The van der Waals surface area contributed by atoms with Crippen molar-refractivity contribution in [3.63, 3.8) is 0 Å². The number of amides is 1. The molecule has 1 aromatic carbocycles. The van der Waals surface area contributed by atoms with Gasteiger partial charge in [-0.2, -0.15) is 0 Å². The molecule has 0 unspecified atom stereocenters. The average Bonchev–Trinajstić information content (AvgIpc) is 3.13. The average molecular weight is 349 g/mol. The SMILES string of the molecule is Cc1cccc(C(=O)N(Cc2cccs2)[C@H]2CCS(=O)(=O)C2)c1. The molecular formula is C17H19NO3S2. The van der Waals surface area contributed by atoms with Gasteiger partial charge in [0.05, 0.1) is 18.1 Å². The number of nitrogens with zero attached hydrogens (tertiary/aromatic N) is 1. The van der Waals surface area contributed by atoms with Crippen LogP contribution in [0.3, 0.4) is 0 Å². The Labute approximate surface area is 140 Å². The predicted molar refractivity (Wildman–Crippen MR) is 92.4 cm³/mol. The van der Waals surface area contributed by atoms with Gasteiger partial charge in [-0.1, -0.05) is 23.8 Å². The highest BCUT2D eigenvalue weighted by Crippen LogP contribution is 2.24. The molecule has 0 radical (unpaired) electrons. The smallest absolute Gasteiger partial charge is 0.254 e. The number of sulfone groups is 1. The highest BCUT2D eigenvalue weighted by atomic mass is 32.2. The summed E-state index contributed by atoms with van der Waals surface area (Å²) < 4.78 is 23.7. The summed E-state index contributed by atoms with van der Waals surface area (Å²) in [7, 11) is -3.03. The first-order valence-electron chi connectivity index (χ1n) is 7.55. The van der Waals surface area contributed by atoms with Crippen LogP contribution in [0.2, 0.25) is 0 Å². The van der Waals surface area contributed by atoms with Gasteiger partial charge in [0.15, 0.2) is 9.84 Å². The first kappa shape index (κ1) is 16.2. The van der Waals surface area contributed by atoms with Crippen LogP contribution >= 0.6 is 11.3 Å². The molecule has 0 N–H and O–H groups in total. The molecular weight excluding hydrogens is 330 g/mol. The molecule has 1 aromatic heterocycles. The first-order chi connectivity index (χ1) is 10.9. The fourth-order valence-corrected chi connectivity index (χ4v) is 5.34. The second-order valence-electron chi connectivity index (χ2n) is 5.94. The van der Waals surface area contributed by atoms with E-state index in [0.29, 0.717) is 18.5 Å². The number of carbonyl (C=O) groups is 1. The van der Waals surface area contributed by atoms with Gasteiger partial charge in [0.1, 0.15) is 0 Å². The van der Waals surface area contributed by atoms with Crippen LogP contribution in [0.5, 0.6) is 0 Å². The van der Waals surface area contributed by atoms with Crippen LogP contribution in [0, 0.1) is 6.92 Å². The van der Waals surface area contributed by atoms with E-state index in [9.17, 15) is 13.2 Å². The quantitative estimate of drug-likeness (QED) is 0.853. The van der Waals surface area contributed by atoms with Gasteiger partial charge in [0, 0.05) is 16.5 Å². The maximum absolute atomic E-state index is 13.0. The van der Waals surface area contributed by atoms with Gasteiger partial charge in [-0.25, -0.2) is 8.42 Å². The number of hydrogen-bond acceptors (Lipinski definition) is 4. The third kappa shape index (κ3) is 3.82. The number of hydrogen-bond donors (Lipinski definition) is 0. The lowest BCUT2D eigenvalue weighted by molar-refractivity contribution is 0.0683. The van der Waals surface area contributed by atoms with Gasteiger partial charge in [-0.3, -0.25) is 4.79 Å². The number of aryl methyl sites for hydroxylation is 1. The Morgan fingerprint density at radius 2 is 2.13 bits per heavy atom. The van der Waals surface area contributed by atoms with Gasteiger partial charge < -0.3 is 4.90 Å². The third-order valence-corrected chi connectivity index (χ3v) is 6.69. The van der Waals surface area contributed by atoms with Crippen LogP contribution < -0.4 is 0 Å². The van der Waals surface area contributed by atoms with Crippen molar-refractivity contribution in [1.29, 1.82) is 0 Å². The number of benzene rings is 1. The molecule has 3 rings (SSSR count). The summed E-state index contributed by atoms with van der Waals surface area (Å²) in [6.07, 6.45) is 0.519. The van der Waals surface area contributed by atoms with Crippen molar-refractivity contribution in [1.82, 2.24) is 4.90 Å². The van der Waals surface area contributed by atoms with Crippen LogP contribution in [-0.4, -0.2) is 36.8 Å². The minimum absolute atomic E-state index is 0.0654. The van der Waals surface area contributed by atoms with Crippen LogP contribution in [0.15, 0.2) is 41.8 Å². The topological polar surface area (TPSA) is 54.5 Å². The Morgan fingerprint density at radius 3 is 2.74 bits per heavy atom. The lowest BCUT2D eigenvalue weighted by Gasteiger charge is -2.28. The second-order valence-corrected chi connectivity index (χ2v) is 9.20. The van der Waals surface area contributed by atoms with Crippen molar-refractivity contribution in [3.8, 4) is 0 Å². The van der Waals surface area contributed by atoms with Gasteiger partial charge in [0.25, 0.3) is 5.91 Å². The highest BCUT2D eigenvalue weighted by molar-refractivity contribution is 7.91. The number of carbonyl (C=O) groups excluding carboxylic acids is 1.